The standard InChI is InChI=1S/C20H19N5O2S/c1-12-4-9-17(10-13(12)2)27-11-18(26)21-16-7-5-15(6-8-16)19-24-25-14(3)22-23-20(25)28-19/h4-10H,11H2,1-3H3,(H,21,26). The van der Waals surface area contributed by atoms with Crippen LogP contribution < -0.4 is 10.1 Å². The molecule has 7 nitrogen and oxygen atoms in total. The third-order valence-electron chi connectivity index (χ3n) is 4.41. The molecule has 28 heavy (non-hydrogen) atoms. The maximum Gasteiger partial charge on any atom is 0.262 e. The molecule has 4 aromatic rings. The van der Waals surface area contributed by atoms with Gasteiger partial charge in [0.2, 0.25) is 4.96 Å². The number of fused-ring (bicyclic) bond motifs is 1. The Morgan fingerprint density at radius 2 is 1.86 bits per heavy atom. The van der Waals surface area contributed by atoms with E-state index in [9.17, 15) is 4.79 Å². The number of aryl methyl sites for hydroxylation is 3. The first kappa shape index (κ1) is 18.1. The zero-order valence-corrected chi connectivity index (χ0v) is 16.6. The van der Waals surface area contributed by atoms with Crippen molar-refractivity contribution in [3.05, 3.63) is 59.4 Å². The predicted molar refractivity (Wildman–Crippen MR) is 109 cm³/mol. The Labute approximate surface area is 166 Å². The lowest BCUT2D eigenvalue weighted by atomic mass is 10.1. The highest BCUT2D eigenvalue weighted by atomic mass is 32.1. The molecule has 0 aliphatic carbocycles. The highest BCUT2D eigenvalue weighted by molar-refractivity contribution is 7.19. The molecule has 2 heterocycles. The molecule has 1 amide bonds. The molecule has 4 rings (SSSR count). The summed E-state index contributed by atoms with van der Waals surface area (Å²) >= 11 is 1.47. The van der Waals surface area contributed by atoms with Crippen LogP contribution in [0.25, 0.3) is 15.5 Å². The van der Waals surface area contributed by atoms with Gasteiger partial charge in [-0.2, -0.15) is 9.61 Å². The van der Waals surface area contributed by atoms with Gasteiger partial charge in [0.1, 0.15) is 10.8 Å². The number of hydrogen-bond donors (Lipinski definition) is 1. The SMILES string of the molecule is Cc1ccc(OCC(=O)Nc2ccc(-c3nn4c(C)nnc4s3)cc2)cc1C. The monoisotopic (exact) mass is 393 g/mol. The molecule has 8 heteroatoms. The van der Waals surface area contributed by atoms with Gasteiger partial charge in [0.05, 0.1) is 0 Å². The lowest BCUT2D eigenvalue weighted by Gasteiger charge is -2.09. The van der Waals surface area contributed by atoms with E-state index in [-0.39, 0.29) is 12.5 Å². The Kier molecular flexibility index (Phi) is 4.79. The molecule has 0 aliphatic rings. The van der Waals surface area contributed by atoms with Crippen LogP contribution in [-0.2, 0) is 4.79 Å². The van der Waals surface area contributed by atoms with Crippen LogP contribution in [0.4, 0.5) is 5.69 Å². The van der Waals surface area contributed by atoms with Crippen molar-refractivity contribution < 1.29 is 9.53 Å². The van der Waals surface area contributed by atoms with E-state index < -0.39 is 0 Å². The first-order chi connectivity index (χ1) is 13.5. The van der Waals surface area contributed by atoms with Gasteiger partial charge in [-0.05, 0) is 68.3 Å². The Morgan fingerprint density at radius 3 is 2.57 bits per heavy atom. The van der Waals surface area contributed by atoms with Gasteiger partial charge in [-0.3, -0.25) is 4.79 Å². The van der Waals surface area contributed by atoms with Crippen molar-refractivity contribution in [3.8, 4) is 16.3 Å². The summed E-state index contributed by atoms with van der Waals surface area (Å²) < 4.78 is 7.29. The summed E-state index contributed by atoms with van der Waals surface area (Å²) in [6.45, 7) is 5.88. The normalized spacial score (nSPS) is 11.0. The summed E-state index contributed by atoms with van der Waals surface area (Å²) in [6.07, 6.45) is 0. The van der Waals surface area contributed by atoms with E-state index in [1.165, 1.54) is 16.9 Å². The fourth-order valence-electron chi connectivity index (χ4n) is 2.68. The summed E-state index contributed by atoms with van der Waals surface area (Å²) in [5.74, 6) is 1.23. The van der Waals surface area contributed by atoms with Crippen LogP contribution >= 0.6 is 11.3 Å². The third kappa shape index (κ3) is 3.72. The van der Waals surface area contributed by atoms with E-state index in [1.807, 2.05) is 63.2 Å². The van der Waals surface area contributed by atoms with Gasteiger partial charge in [-0.1, -0.05) is 17.4 Å². The molecule has 0 aliphatic heterocycles. The molecule has 0 saturated carbocycles. The molecule has 0 radical (unpaired) electrons. The van der Waals surface area contributed by atoms with Gasteiger partial charge >= 0.3 is 0 Å². The van der Waals surface area contributed by atoms with Crippen LogP contribution in [-0.4, -0.2) is 32.3 Å². The summed E-state index contributed by atoms with van der Waals surface area (Å²) in [5.41, 5.74) is 3.99. The second-order valence-electron chi connectivity index (χ2n) is 6.51. The van der Waals surface area contributed by atoms with Crippen LogP contribution in [0, 0.1) is 20.8 Å². The highest BCUT2D eigenvalue weighted by Crippen LogP contribution is 2.26. The van der Waals surface area contributed by atoms with E-state index in [0.29, 0.717) is 11.4 Å². The lowest BCUT2D eigenvalue weighted by Crippen LogP contribution is -2.20. The Balaban J connectivity index is 1.38. The van der Waals surface area contributed by atoms with Gasteiger partial charge < -0.3 is 10.1 Å². The van der Waals surface area contributed by atoms with Crippen molar-refractivity contribution in [3.63, 3.8) is 0 Å². The molecule has 0 saturated heterocycles. The molecule has 2 aromatic carbocycles. The quantitative estimate of drug-likeness (QED) is 0.558. The minimum absolute atomic E-state index is 0.0415. The van der Waals surface area contributed by atoms with Crippen LogP contribution in [0.5, 0.6) is 5.75 Å². The smallest absolute Gasteiger partial charge is 0.262 e. The Bertz CT molecular complexity index is 1150. The number of aromatic nitrogens is 4. The molecule has 0 unspecified atom stereocenters. The van der Waals surface area contributed by atoms with Gasteiger partial charge in [0, 0.05) is 11.3 Å². The molecule has 0 fully saturated rings. The number of ether oxygens (including phenoxy) is 1. The maximum absolute atomic E-state index is 12.1. The van der Waals surface area contributed by atoms with Gasteiger partial charge in [0.15, 0.2) is 12.4 Å². The zero-order valence-electron chi connectivity index (χ0n) is 15.8. The number of nitrogens with zero attached hydrogens (tertiary/aromatic N) is 4. The fraction of sp³-hybridized carbons (Fsp3) is 0.200. The van der Waals surface area contributed by atoms with Crippen molar-refractivity contribution in [1.82, 2.24) is 19.8 Å². The zero-order chi connectivity index (χ0) is 19.7. The average Bonchev–Trinajstić information content (AvgIpc) is 3.26. The summed E-state index contributed by atoms with van der Waals surface area (Å²) in [7, 11) is 0. The number of hydrogen-bond acceptors (Lipinski definition) is 6. The van der Waals surface area contributed by atoms with Crippen LogP contribution in [0.15, 0.2) is 42.5 Å². The third-order valence-corrected chi connectivity index (χ3v) is 5.36. The molecule has 1 N–H and O–H groups in total. The van der Waals surface area contributed by atoms with Crippen LogP contribution in [0.2, 0.25) is 0 Å². The van der Waals surface area contributed by atoms with Crippen molar-refractivity contribution in [2.45, 2.75) is 20.8 Å². The number of nitrogens with one attached hydrogen (secondary N) is 1. The molecular formula is C20H19N5O2S. The van der Waals surface area contributed by atoms with Gasteiger partial charge in [-0.25, -0.2) is 0 Å². The predicted octanol–water partition coefficient (Wildman–Crippen LogP) is 3.80. The number of anilines is 1. The van der Waals surface area contributed by atoms with Crippen molar-refractivity contribution in [2.24, 2.45) is 0 Å². The first-order valence-electron chi connectivity index (χ1n) is 8.79. The maximum atomic E-state index is 12.1. The van der Waals surface area contributed by atoms with E-state index in [4.69, 9.17) is 4.74 Å². The number of carbonyl (C=O) groups excluding carboxylic acids is 1. The molecule has 142 valence electrons. The minimum atomic E-state index is -0.208. The summed E-state index contributed by atoms with van der Waals surface area (Å²) in [6, 6.07) is 13.3. The molecule has 0 atom stereocenters. The van der Waals surface area contributed by atoms with E-state index in [0.717, 1.165) is 26.9 Å². The first-order valence-corrected chi connectivity index (χ1v) is 9.60. The largest absolute Gasteiger partial charge is 0.484 e. The van der Waals surface area contributed by atoms with Crippen LogP contribution in [0.3, 0.4) is 0 Å². The number of benzene rings is 2. The number of amides is 1. The van der Waals surface area contributed by atoms with Crippen molar-refractivity contribution in [1.29, 1.82) is 0 Å². The van der Waals surface area contributed by atoms with Crippen molar-refractivity contribution >= 4 is 27.9 Å². The number of rotatable bonds is 5. The Hall–Kier alpha value is -3.26. The minimum Gasteiger partial charge on any atom is -0.484 e. The van der Waals surface area contributed by atoms with Gasteiger partial charge in [0.25, 0.3) is 5.91 Å². The van der Waals surface area contributed by atoms with E-state index in [2.05, 4.69) is 20.6 Å². The second-order valence-corrected chi connectivity index (χ2v) is 7.47. The average molecular weight is 393 g/mol. The molecule has 2 aromatic heterocycles. The fourth-order valence-corrected chi connectivity index (χ4v) is 3.57. The van der Waals surface area contributed by atoms with Crippen molar-refractivity contribution in [2.75, 3.05) is 11.9 Å². The van der Waals surface area contributed by atoms with E-state index in [1.54, 1.807) is 4.52 Å². The van der Waals surface area contributed by atoms with Crippen LogP contribution in [0.1, 0.15) is 17.0 Å². The highest BCUT2D eigenvalue weighted by Gasteiger charge is 2.11. The van der Waals surface area contributed by atoms with Gasteiger partial charge in [-0.15, -0.1) is 10.2 Å². The number of carbonyl (C=O) groups is 1. The summed E-state index contributed by atoms with van der Waals surface area (Å²) in [4.78, 5) is 12.9. The molecular weight excluding hydrogens is 374 g/mol. The topological polar surface area (TPSA) is 81.4 Å². The molecule has 0 bridgehead atoms. The second kappa shape index (κ2) is 7.40. The Morgan fingerprint density at radius 1 is 1.07 bits per heavy atom. The lowest BCUT2D eigenvalue weighted by molar-refractivity contribution is -0.118. The van der Waals surface area contributed by atoms with E-state index >= 15 is 0 Å². The molecule has 0 spiro atoms. The summed E-state index contributed by atoms with van der Waals surface area (Å²) in [5, 5.41) is 16.3.